The molecule has 17 heavy (non-hydrogen) atoms. The predicted molar refractivity (Wildman–Crippen MR) is 61.7 cm³/mol. The van der Waals surface area contributed by atoms with Crippen LogP contribution < -0.4 is 5.32 Å². The van der Waals surface area contributed by atoms with E-state index in [1.165, 1.54) is 0 Å². The van der Waals surface area contributed by atoms with Gasteiger partial charge in [-0.1, -0.05) is 0 Å². The Morgan fingerprint density at radius 2 is 2.18 bits per heavy atom. The highest BCUT2D eigenvalue weighted by Gasteiger charge is 2.29. The summed E-state index contributed by atoms with van der Waals surface area (Å²) in [5.74, 6) is -0.567. The summed E-state index contributed by atoms with van der Waals surface area (Å²) in [5, 5.41) is 11.4. The molecule has 6 heteroatoms. The van der Waals surface area contributed by atoms with Crippen LogP contribution in [0, 0.1) is 5.92 Å². The summed E-state index contributed by atoms with van der Waals surface area (Å²) >= 11 is 0. The summed E-state index contributed by atoms with van der Waals surface area (Å²) in [4.78, 5) is 23.8. The number of hydrogen-bond acceptors (Lipinski definition) is 4. The van der Waals surface area contributed by atoms with Crippen molar-refractivity contribution >= 4 is 11.9 Å². The molecule has 1 heterocycles. The minimum atomic E-state index is -0.765. The fourth-order valence-electron chi connectivity index (χ4n) is 1.89. The smallest absolute Gasteiger partial charge is 0.303 e. The molecule has 0 atom stereocenters. The number of amides is 1. The Labute approximate surface area is 101 Å². The number of nitrogens with one attached hydrogen (secondary N) is 1. The maximum absolute atomic E-state index is 11.4. The maximum Gasteiger partial charge on any atom is 0.303 e. The molecule has 0 radical (unpaired) electrons. The number of ether oxygens (including phenoxy) is 1. The number of hydrogen-bond donors (Lipinski definition) is 2. The van der Waals surface area contributed by atoms with E-state index in [1.807, 2.05) is 4.90 Å². The van der Waals surface area contributed by atoms with Gasteiger partial charge in [-0.3, -0.25) is 14.5 Å². The molecule has 0 aromatic heterocycles. The number of likely N-dealkylation sites (tertiary alicyclic amines) is 1. The molecule has 0 bridgehead atoms. The van der Waals surface area contributed by atoms with Gasteiger partial charge in [-0.05, 0) is 12.3 Å². The minimum Gasteiger partial charge on any atom is -0.481 e. The Bertz CT molecular complexity index is 264. The number of nitrogens with zero attached hydrogens (tertiary/aromatic N) is 1. The largest absolute Gasteiger partial charge is 0.481 e. The van der Waals surface area contributed by atoms with Gasteiger partial charge in [0.1, 0.15) is 0 Å². The van der Waals surface area contributed by atoms with Crippen molar-refractivity contribution in [1.82, 2.24) is 10.2 Å². The molecule has 0 spiro atoms. The molecule has 2 N–H and O–H groups in total. The Balaban J connectivity index is 2.00. The van der Waals surface area contributed by atoms with E-state index in [4.69, 9.17) is 9.84 Å². The summed E-state index contributed by atoms with van der Waals surface area (Å²) < 4.78 is 4.87. The monoisotopic (exact) mass is 244 g/mol. The van der Waals surface area contributed by atoms with E-state index in [1.54, 1.807) is 7.11 Å². The highest BCUT2D eigenvalue weighted by atomic mass is 16.5. The van der Waals surface area contributed by atoms with E-state index in [0.29, 0.717) is 32.8 Å². The molecule has 1 aliphatic rings. The molecule has 6 nitrogen and oxygen atoms in total. The van der Waals surface area contributed by atoms with E-state index >= 15 is 0 Å². The second-order valence-corrected chi connectivity index (χ2v) is 4.35. The molecule has 0 aromatic rings. The van der Waals surface area contributed by atoms with E-state index in [-0.39, 0.29) is 18.2 Å². The molecule has 1 saturated heterocycles. The first-order chi connectivity index (χ1) is 8.11. The van der Waals surface area contributed by atoms with Gasteiger partial charge < -0.3 is 15.2 Å². The van der Waals surface area contributed by atoms with E-state index in [2.05, 4.69) is 5.32 Å². The summed E-state index contributed by atoms with van der Waals surface area (Å²) in [6, 6.07) is 0. The van der Waals surface area contributed by atoms with Crippen molar-refractivity contribution in [2.45, 2.75) is 12.8 Å². The first-order valence-corrected chi connectivity index (χ1v) is 5.81. The van der Waals surface area contributed by atoms with Gasteiger partial charge in [0.25, 0.3) is 0 Å². The molecule has 0 aromatic carbocycles. The quantitative estimate of drug-likeness (QED) is 0.565. The van der Waals surface area contributed by atoms with Gasteiger partial charge >= 0.3 is 5.97 Å². The Hall–Kier alpha value is -1.14. The third-order valence-electron chi connectivity index (χ3n) is 2.71. The zero-order valence-electron chi connectivity index (χ0n) is 10.1. The molecular weight excluding hydrogens is 224 g/mol. The lowest BCUT2D eigenvalue weighted by Gasteiger charge is -2.37. The lowest BCUT2D eigenvalue weighted by atomic mass is 9.96. The number of aliphatic carboxylic acids is 1. The van der Waals surface area contributed by atoms with Crippen LogP contribution in [0.4, 0.5) is 0 Å². The second kappa shape index (κ2) is 7.24. The zero-order valence-corrected chi connectivity index (χ0v) is 10.1. The topological polar surface area (TPSA) is 78.9 Å². The van der Waals surface area contributed by atoms with E-state index in [0.717, 1.165) is 6.42 Å². The lowest BCUT2D eigenvalue weighted by Crippen LogP contribution is -2.51. The number of rotatable bonds is 8. The first-order valence-electron chi connectivity index (χ1n) is 5.81. The van der Waals surface area contributed by atoms with Gasteiger partial charge in [-0.25, -0.2) is 0 Å². The molecule has 1 aliphatic heterocycles. The molecule has 0 aliphatic carbocycles. The van der Waals surface area contributed by atoms with Crippen molar-refractivity contribution in [3.63, 3.8) is 0 Å². The Kier molecular flexibility index (Phi) is 5.93. The second-order valence-electron chi connectivity index (χ2n) is 4.35. The van der Waals surface area contributed by atoms with Gasteiger partial charge in [0.05, 0.1) is 13.0 Å². The molecule has 1 rings (SSSR count). The average Bonchev–Trinajstić information content (AvgIpc) is 2.21. The third kappa shape index (κ3) is 5.65. The third-order valence-corrected chi connectivity index (χ3v) is 2.71. The van der Waals surface area contributed by atoms with Crippen molar-refractivity contribution in [1.29, 1.82) is 0 Å². The van der Waals surface area contributed by atoms with Crippen molar-refractivity contribution < 1.29 is 19.4 Å². The SMILES string of the molecule is COCCCNC(=O)CN1CC(CC(=O)O)C1. The Morgan fingerprint density at radius 1 is 1.47 bits per heavy atom. The first kappa shape index (κ1) is 13.9. The minimum absolute atomic E-state index is 0.00474. The van der Waals surface area contributed by atoms with Crippen LogP contribution in [-0.2, 0) is 14.3 Å². The molecule has 98 valence electrons. The van der Waals surface area contributed by atoms with Crippen LogP contribution in [0.3, 0.4) is 0 Å². The molecule has 0 saturated carbocycles. The molecule has 1 amide bonds. The lowest BCUT2D eigenvalue weighted by molar-refractivity contribution is -0.139. The van der Waals surface area contributed by atoms with Crippen LogP contribution in [0.5, 0.6) is 0 Å². The van der Waals surface area contributed by atoms with Crippen LogP contribution in [0.15, 0.2) is 0 Å². The van der Waals surface area contributed by atoms with Crippen LogP contribution in [0.1, 0.15) is 12.8 Å². The number of methoxy groups -OCH3 is 1. The van der Waals surface area contributed by atoms with Gasteiger partial charge in [0, 0.05) is 33.4 Å². The number of carbonyl (C=O) groups is 2. The highest BCUT2D eigenvalue weighted by molar-refractivity contribution is 5.78. The standard InChI is InChI=1S/C11H20N2O4/c1-17-4-2-3-12-10(14)8-13-6-9(7-13)5-11(15)16/h9H,2-8H2,1H3,(H,12,14)(H,15,16). The average molecular weight is 244 g/mol. The Morgan fingerprint density at radius 3 is 2.76 bits per heavy atom. The van der Waals surface area contributed by atoms with Crippen molar-refractivity contribution in [3.05, 3.63) is 0 Å². The van der Waals surface area contributed by atoms with Gasteiger partial charge in [0.2, 0.25) is 5.91 Å². The summed E-state index contributed by atoms with van der Waals surface area (Å²) in [6.07, 6.45) is 1.01. The summed E-state index contributed by atoms with van der Waals surface area (Å²) in [7, 11) is 1.63. The summed E-state index contributed by atoms with van der Waals surface area (Å²) in [6.45, 7) is 3.04. The number of carboxylic acids is 1. The van der Waals surface area contributed by atoms with Crippen LogP contribution in [-0.4, -0.2) is 61.8 Å². The van der Waals surface area contributed by atoms with Gasteiger partial charge in [-0.2, -0.15) is 0 Å². The molecular formula is C11H20N2O4. The maximum atomic E-state index is 11.4. The van der Waals surface area contributed by atoms with Crippen molar-refractivity contribution in [2.75, 3.05) is 39.9 Å². The molecule has 0 unspecified atom stereocenters. The normalized spacial score (nSPS) is 16.5. The van der Waals surface area contributed by atoms with Crippen LogP contribution >= 0.6 is 0 Å². The predicted octanol–water partition coefficient (Wildman–Crippen LogP) is -0.454. The highest BCUT2D eigenvalue weighted by Crippen LogP contribution is 2.17. The number of carboxylic acid groups (broad SMARTS) is 1. The molecule has 1 fully saturated rings. The van der Waals surface area contributed by atoms with Crippen molar-refractivity contribution in [2.24, 2.45) is 5.92 Å². The van der Waals surface area contributed by atoms with Crippen LogP contribution in [0.25, 0.3) is 0 Å². The zero-order chi connectivity index (χ0) is 12.7. The fourth-order valence-corrected chi connectivity index (χ4v) is 1.89. The van der Waals surface area contributed by atoms with E-state index in [9.17, 15) is 9.59 Å². The van der Waals surface area contributed by atoms with Gasteiger partial charge in [-0.15, -0.1) is 0 Å². The van der Waals surface area contributed by atoms with E-state index < -0.39 is 5.97 Å². The van der Waals surface area contributed by atoms with Crippen LogP contribution in [0.2, 0.25) is 0 Å². The van der Waals surface area contributed by atoms with Crippen molar-refractivity contribution in [3.8, 4) is 0 Å². The van der Waals surface area contributed by atoms with Gasteiger partial charge in [0.15, 0.2) is 0 Å². The fraction of sp³-hybridized carbons (Fsp3) is 0.818. The number of carbonyl (C=O) groups excluding carboxylic acids is 1. The summed E-state index contributed by atoms with van der Waals surface area (Å²) in [5.41, 5.74) is 0.